The van der Waals surface area contributed by atoms with E-state index in [0.717, 1.165) is 23.8 Å². The van der Waals surface area contributed by atoms with Crippen molar-refractivity contribution in [3.8, 4) is 0 Å². The number of amides is 1. The Morgan fingerprint density at radius 1 is 1.23 bits per heavy atom. The molecular formula is C20H21N3O2S. The standard InChI is InChI=1S/C20H21N3O2S/c24-12-17-10-21-20(23(17)11-19(25)22-16-8-9-16)26-13-15-6-3-5-14-4-1-2-7-18(14)15/h1-7,10,16,24H,8-9,11-13H2,(H,22,25). The van der Waals surface area contributed by atoms with Gasteiger partial charge >= 0.3 is 0 Å². The van der Waals surface area contributed by atoms with Gasteiger partial charge in [0.2, 0.25) is 5.91 Å². The van der Waals surface area contributed by atoms with Crippen LogP contribution in [0.5, 0.6) is 0 Å². The third kappa shape index (κ3) is 3.76. The van der Waals surface area contributed by atoms with Crippen molar-refractivity contribution < 1.29 is 9.90 Å². The van der Waals surface area contributed by atoms with Crippen LogP contribution in [0.3, 0.4) is 0 Å². The number of aliphatic hydroxyl groups is 1. The molecule has 1 heterocycles. The molecule has 0 unspecified atom stereocenters. The van der Waals surface area contributed by atoms with Gasteiger partial charge in [0.05, 0.1) is 18.5 Å². The van der Waals surface area contributed by atoms with Gasteiger partial charge in [-0.15, -0.1) is 0 Å². The van der Waals surface area contributed by atoms with E-state index in [9.17, 15) is 9.90 Å². The average Bonchev–Trinajstić information content (AvgIpc) is 3.39. The molecule has 0 radical (unpaired) electrons. The number of nitrogens with one attached hydrogen (secondary N) is 1. The molecule has 26 heavy (non-hydrogen) atoms. The van der Waals surface area contributed by atoms with Crippen LogP contribution in [0.1, 0.15) is 24.1 Å². The van der Waals surface area contributed by atoms with Crippen molar-refractivity contribution in [2.75, 3.05) is 0 Å². The maximum absolute atomic E-state index is 12.2. The fourth-order valence-corrected chi connectivity index (χ4v) is 4.01. The van der Waals surface area contributed by atoms with Crippen LogP contribution in [0.15, 0.2) is 53.8 Å². The second-order valence-corrected chi connectivity index (χ2v) is 7.49. The van der Waals surface area contributed by atoms with Crippen LogP contribution in [0.2, 0.25) is 0 Å². The van der Waals surface area contributed by atoms with Gasteiger partial charge in [-0.3, -0.25) is 4.79 Å². The van der Waals surface area contributed by atoms with Crippen molar-refractivity contribution in [3.63, 3.8) is 0 Å². The van der Waals surface area contributed by atoms with Gasteiger partial charge in [-0.05, 0) is 29.2 Å². The highest BCUT2D eigenvalue weighted by Gasteiger charge is 2.24. The minimum absolute atomic E-state index is 0.0211. The van der Waals surface area contributed by atoms with E-state index in [1.54, 1.807) is 18.0 Å². The maximum atomic E-state index is 12.2. The number of thioether (sulfide) groups is 1. The van der Waals surface area contributed by atoms with E-state index in [0.29, 0.717) is 11.7 Å². The van der Waals surface area contributed by atoms with Crippen LogP contribution in [-0.4, -0.2) is 26.6 Å². The van der Waals surface area contributed by atoms with E-state index < -0.39 is 0 Å². The topological polar surface area (TPSA) is 67.2 Å². The third-order valence-electron chi connectivity index (χ3n) is 4.54. The van der Waals surface area contributed by atoms with Gasteiger partial charge in [-0.1, -0.05) is 54.2 Å². The SMILES string of the molecule is O=C(Cn1c(CO)cnc1SCc1cccc2ccccc12)NC1CC1. The zero-order chi connectivity index (χ0) is 17.9. The Labute approximate surface area is 156 Å². The molecule has 0 atom stereocenters. The molecule has 6 heteroatoms. The number of aliphatic hydroxyl groups excluding tert-OH is 1. The molecule has 1 fully saturated rings. The van der Waals surface area contributed by atoms with Crippen molar-refractivity contribution in [2.45, 2.75) is 42.9 Å². The van der Waals surface area contributed by atoms with E-state index >= 15 is 0 Å². The van der Waals surface area contributed by atoms with Crippen LogP contribution < -0.4 is 5.32 Å². The molecule has 134 valence electrons. The zero-order valence-electron chi connectivity index (χ0n) is 14.4. The summed E-state index contributed by atoms with van der Waals surface area (Å²) in [6.07, 6.45) is 3.77. The summed E-state index contributed by atoms with van der Waals surface area (Å²) >= 11 is 1.59. The van der Waals surface area contributed by atoms with Crippen molar-refractivity contribution in [1.29, 1.82) is 0 Å². The first kappa shape index (κ1) is 17.1. The molecule has 1 saturated carbocycles. The van der Waals surface area contributed by atoms with Gasteiger partial charge in [0.1, 0.15) is 6.54 Å². The molecular weight excluding hydrogens is 346 g/mol. The Morgan fingerprint density at radius 3 is 2.85 bits per heavy atom. The van der Waals surface area contributed by atoms with Crippen LogP contribution >= 0.6 is 11.8 Å². The number of imidazole rings is 1. The molecule has 1 aliphatic rings. The Morgan fingerprint density at radius 2 is 2.04 bits per heavy atom. The highest BCUT2D eigenvalue weighted by molar-refractivity contribution is 7.98. The monoisotopic (exact) mass is 367 g/mol. The lowest BCUT2D eigenvalue weighted by Crippen LogP contribution is -2.30. The summed E-state index contributed by atoms with van der Waals surface area (Å²) in [5.41, 5.74) is 1.90. The number of aromatic nitrogens is 2. The van der Waals surface area contributed by atoms with Crippen LogP contribution in [0, 0.1) is 0 Å². The molecule has 0 spiro atoms. The van der Waals surface area contributed by atoms with Crippen molar-refractivity contribution in [3.05, 3.63) is 59.9 Å². The van der Waals surface area contributed by atoms with Gasteiger partial charge in [-0.25, -0.2) is 4.98 Å². The Bertz CT molecular complexity index is 928. The quantitative estimate of drug-likeness (QED) is 0.630. The lowest BCUT2D eigenvalue weighted by atomic mass is 10.1. The minimum atomic E-state index is -0.126. The average molecular weight is 367 g/mol. The maximum Gasteiger partial charge on any atom is 0.240 e. The number of carbonyl (C=O) groups excluding carboxylic acids is 1. The van der Waals surface area contributed by atoms with Crippen LogP contribution in [0.4, 0.5) is 0 Å². The molecule has 5 nitrogen and oxygen atoms in total. The molecule has 0 bridgehead atoms. The molecule has 3 aromatic rings. The summed E-state index contributed by atoms with van der Waals surface area (Å²) in [5, 5.41) is 15.8. The lowest BCUT2D eigenvalue weighted by molar-refractivity contribution is -0.122. The first-order valence-corrected chi connectivity index (χ1v) is 9.77. The van der Waals surface area contributed by atoms with E-state index in [4.69, 9.17) is 0 Å². The molecule has 1 aliphatic carbocycles. The first-order chi connectivity index (χ1) is 12.7. The molecule has 1 amide bonds. The number of rotatable bonds is 7. The lowest BCUT2D eigenvalue weighted by Gasteiger charge is -2.11. The number of benzene rings is 2. The van der Waals surface area contributed by atoms with E-state index in [1.165, 1.54) is 16.3 Å². The van der Waals surface area contributed by atoms with Crippen LogP contribution in [0.25, 0.3) is 10.8 Å². The van der Waals surface area contributed by atoms with Gasteiger partial charge < -0.3 is 15.0 Å². The van der Waals surface area contributed by atoms with Crippen LogP contribution in [-0.2, 0) is 23.7 Å². The van der Waals surface area contributed by atoms with Gasteiger partial charge in [-0.2, -0.15) is 0 Å². The number of nitrogens with zero attached hydrogens (tertiary/aromatic N) is 2. The van der Waals surface area contributed by atoms with Crippen molar-refractivity contribution in [1.82, 2.24) is 14.9 Å². The highest BCUT2D eigenvalue weighted by Crippen LogP contribution is 2.27. The van der Waals surface area contributed by atoms with E-state index in [1.807, 2.05) is 16.7 Å². The number of hydrogen-bond donors (Lipinski definition) is 2. The van der Waals surface area contributed by atoms with E-state index in [-0.39, 0.29) is 19.1 Å². The van der Waals surface area contributed by atoms with Gasteiger partial charge in [0, 0.05) is 11.8 Å². The molecule has 0 aliphatic heterocycles. The first-order valence-electron chi connectivity index (χ1n) is 8.78. The van der Waals surface area contributed by atoms with Gasteiger partial charge in [0.25, 0.3) is 0 Å². The zero-order valence-corrected chi connectivity index (χ0v) is 15.2. The third-order valence-corrected chi connectivity index (χ3v) is 5.58. The predicted molar refractivity (Wildman–Crippen MR) is 103 cm³/mol. The second-order valence-electron chi connectivity index (χ2n) is 6.55. The summed E-state index contributed by atoms with van der Waals surface area (Å²) in [6.45, 7) is 0.0722. The molecule has 2 aromatic carbocycles. The smallest absolute Gasteiger partial charge is 0.240 e. The fraction of sp³-hybridized carbons (Fsp3) is 0.300. The Balaban J connectivity index is 1.52. The molecule has 1 aromatic heterocycles. The second kappa shape index (κ2) is 7.51. The largest absolute Gasteiger partial charge is 0.390 e. The summed E-state index contributed by atoms with van der Waals surface area (Å²) in [4.78, 5) is 16.6. The summed E-state index contributed by atoms with van der Waals surface area (Å²) in [7, 11) is 0. The molecule has 2 N–H and O–H groups in total. The molecule has 0 saturated heterocycles. The van der Waals surface area contributed by atoms with Crippen molar-refractivity contribution >= 4 is 28.4 Å². The van der Waals surface area contributed by atoms with E-state index in [2.05, 4.69) is 40.6 Å². The van der Waals surface area contributed by atoms with Gasteiger partial charge in [0.15, 0.2) is 5.16 Å². The number of carbonyl (C=O) groups is 1. The van der Waals surface area contributed by atoms with Crippen molar-refractivity contribution in [2.24, 2.45) is 0 Å². The summed E-state index contributed by atoms with van der Waals surface area (Å²) in [5.74, 6) is 0.736. The fourth-order valence-electron chi connectivity index (χ4n) is 3.01. The normalized spacial score (nSPS) is 13.9. The highest BCUT2D eigenvalue weighted by atomic mass is 32.2. The number of hydrogen-bond acceptors (Lipinski definition) is 4. The number of fused-ring (bicyclic) bond motifs is 1. The Kier molecular flexibility index (Phi) is 4.95. The molecule has 4 rings (SSSR count). The Hall–Kier alpha value is -2.31. The predicted octanol–water partition coefficient (Wildman–Crippen LogP) is 3.10. The summed E-state index contributed by atoms with van der Waals surface area (Å²) < 4.78 is 1.81. The minimum Gasteiger partial charge on any atom is -0.390 e. The summed E-state index contributed by atoms with van der Waals surface area (Å²) in [6, 6.07) is 14.9.